The van der Waals surface area contributed by atoms with Crippen LogP contribution < -0.4 is 5.32 Å². The highest BCUT2D eigenvalue weighted by Gasteiger charge is 2.18. The Morgan fingerprint density at radius 3 is 2.71 bits per heavy atom. The van der Waals surface area contributed by atoms with Gasteiger partial charge in [0.25, 0.3) is 0 Å². The van der Waals surface area contributed by atoms with Gasteiger partial charge in [-0.2, -0.15) is 0 Å². The molecule has 0 aliphatic carbocycles. The lowest BCUT2D eigenvalue weighted by Crippen LogP contribution is -2.32. The zero-order chi connectivity index (χ0) is 12.7. The van der Waals surface area contributed by atoms with Crippen molar-refractivity contribution in [3.63, 3.8) is 0 Å². The summed E-state index contributed by atoms with van der Waals surface area (Å²) < 4.78 is 27.8. The summed E-state index contributed by atoms with van der Waals surface area (Å²) in [4.78, 5) is 0. The second kappa shape index (κ2) is 7.34. The third kappa shape index (κ3) is 7.01. The van der Waals surface area contributed by atoms with Crippen molar-refractivity contribution in [2.45, 2.75) is 50.7 Å². The van der Waals surface area contributed by atoms with E-state index in [1.54, 1.807) is 0 Å². The highest BCUT2D eigenvalue weighted by atomic mass is 32.2. The van der Waals surface area contributed by atoms with Crippen molar-refractivity contribution in [2.75, 3.05) is 25.7 Å². The minimum absolute atomic E-state index is 0.288. The van der Waals surface area contributed by atoms with Gasteiger partial charge in [0.15, 0.2) is 0 Å². The van der Waals surface area contributed by atoms with Crippen LogP contribution in [0.4, 0.5) is 0 Å². The molecule has 0 aromatic heterocycles. The summed E-state index contributed by atoms with van der Waals surface area (Å²) in [6.07, 6.45) is 7.87. The molecule has 1 saturated heterocycles. The van der Waals surface area contributed by atoms with Crippen molar-refractivity contribution in [1.29, 1.82) is 0 Å². The van der Waals surface area contributed by atoms with Crippen molar-refractivity contribution < 1.29 is 13.2 Å². The first-order valence-corrected chi connectivity index (χ1v) is 8.54. The maximum Gasteiger partial charge on any atom is 0.147 e. The quantitative estimate of drug-likeness (QED) is 0.753. The molecule has 1 heterocycles. The average molecular weight is 263 g/mol. The first-order valence-electron chi connectivity index (χ1n) is 6.48. The van der Waals surface area contributed by atoms with Crippen molar-refractivity contribution in [3.05, 3.63) is 0 Å². The average Bonchev–Trinajstić information content (AvgIpc) is 2.27. The van der Waals surface area contributed by atoms with Crippen LogP contribution in [-0.2, 0) is 14.6 Å². The van der Waals surface area contributed by atoms with Gasteiger partial charge in [-0.15, -0.1) is 0 Å². The minimum Gasteiger partial charge on any atom is -0.378 e. The minimum atomic E-state index is -2.82. The SMILES string of the molecule is CNC(CCCS(C)(=O)=O)CC1CCCCO1. The Balaban J connectivity index is 2.23. The van der Waals surface area contributed by atoms with Gasteiger partial charge >= 0.3 is 0 Å². The van der Waals surface area contributed by atoms with E-state index in [4.69, 9.17) is 4.74 Å². The van der Waals surface area contributed by atoms with Gasteiger partial charge in [-0.1, -0.05) is 0 Å². The van der Waals surface area contributed by atoms with Crippen molar-refractivity contribution in [3.8, 4) is 0 Å². The molecule has 0 spiro atoms. The molecule has 2 atom stereocenters. The van der Waals surface area contributed by atoms with Crippen molar-refractivity contribution >= 4 is 9.84 Å². The van der Waals surface area contributed by atoms with E-state index < -0.39 is 9.84 Å². The van der Waals surface area contributed by atoms with E-state index in [0.717, 1.165) is 32.3 Å². The smallest absolute Gasteiger partial charge is 0.147 e. The molecule has 0 radical (unpaired) electrons. The topological polar surface area (TPSA) is 55.4 Å². The zero-order valence-electron chi connectivity index (χ0n) is 10.9. The summed E-state index contributed by atoms with van der Waals surface area (Å²) >= 11 is 0. The molecule has 17 heavy (non-hydrogen) atoms. The molecule has 1 fully saturated rings. The first-order chi connectivity index (χ1) is 8.01. The van der Waals surface area contributed by atoms with Crippen molar-refractivity contribution in [2.24, 2.45) is 0 Å². The molecule has 1 aliphatic heterocycles. The molecule has 0 amide bonds. The highest BCUT2D eigenvalue weighted by Crippen LogP contribution is 2.18. The summed E-state index contributed by atoms with van der Waals surface area (Å²) in [5.74, 6) is 0.288. The second-order valence-electron chi connectivity index (χ2n) is 4.98. The summed E-state index contributed by atoms with van der Waals surface area (Å²) in [5, 5.41) is 3.26. The summed E-state index contributed by atoms with van der Waals surface area (Å²) in [7, 11) is -0.882. The molecule has 1 rings (SSSR count). The Morgan fingerprint density at radius 1 is 1.41 bits per heavy atom. The number of hydrogen-bond acceptors (Lipinski definition) is 4. The molecule has 1 aliphatic rings. The van der Waals surface area contributed by atoms with E-state index in [0.29, 0.717) is 12.1 Å². The van der Waals surface area contributed by atoms with Crippen LogP contribution in [0.1, 0.15) is 38.5 Å². The fraction of sp³-hybridized carbons (Fsp3) is 1.00. The standard InChI is InChI=1S/C12H25NO3S/c1-13-11(6-5-9-17(2,14)15)10-12-7-3-4-8-16-12/h11-13H,3-10H2,1-2H3. The molecule has 1 N–H and O–H groups in total. The zero-order valence-corrected chi connectivity index (χ0v) is 11.8. The van der Waals surface area contributed by atoms with Gasteiger partial charge < -0.3 is 10.1 Å². The number of hydrogen-bond donors (Lipinski definition) is 1. The second-order valence-corrected chi connectivity index (χ2v) is 7.24. The molecule has 5 heteroatoms. The van der Waals surface area contributed by atoms with Gasteiger partial charge in [0.05, 0.1) is 6.10 Å². The summed E-state index contributed by atoms with van der Waals surface area (Å²) in [6.45, 7) is 0.879. The van der Waals surface area contributed by atoms with E-state index in [9.17, 15) is 8.42 Å². The molecule has 0 saturated carbocycles. The van der Waals surface area contributed by atoms with E-state index >= 15 is 0 Å². The lowest BCUT2D eigenvalue weighted by Gasteiger charge is -2.26. The number of ether oxygens (including phenoxy) is 1. The van der Waals surface area contributed by atoms with Gasteiger partial charge in [0.1, 0.15) is 9.84 Å². The van der Waals surface area contributed by atoms with Crippen LogP contribution >= 0.6 is 0 Å². The predicted octanol–water partition coefficient (Wildman–Crippen LogP) is 1.36. The molecule has 4 nitrogen and oxygen atoms in total. The van der Waals surface area contributed by atoms with Crippen LogP contribution in [0.3, 0.4) is 0 Å². The van der Waals surface area contributed by atoms with Crippen molar-refractivity contribution in [1.82, 2.24) is 5.32 Å². The van der Waals surface area contributed by atoms with E-state index in [1.165, 1.54) is 19.1 Å². The van der Waals surface area contributed by atoms with Crippen LogP contribution in [0.15, 0.2) is 0 Å². The fourth-order valence-corrected chi connectivity index (χ4v) is 2.97. The lowest BCUT2D eigenvalue weighted by molar-refractivity contribution is 0.00515. The third-order valence-corrected chi connectivity index (χ3v) is 4.33. The van der Waals surface area contributed by atoms with Gasteiger partial charge in [0, 0.05) is 24.7 Å². The largest absolute Gasteiger partial charge is 0.378 e. The first kappa shape index (κ1) is 14.9. The molecule has 2 unspecified atom stereocenters. The summed E-state index contributed by atoms with van der Waals surface area (Å²) in [6, 6.07) is 0.375. The maximum atomic E-state index is 11.0. The number of nitrogens with one attached hydrogen (secondary N) is 1. The lowest BCUT2D eigenvalue weighted by atomic mass is 9.99. The normalized spacial score (nSPS) is 23.5. The van der Waals surface area contributed by atoms with Crippen LogP contribution in [-0.4, -0.2) is 46.2 Å². The van der Waals surface area contributed by atoms with Gasteiger partial charge in [-0.3, -0.25) is 0 Å². The van der Waals surface area contributed by atoms with Gasteiger partial charge in [-0.05, 0) is 45.6 Å². The Labute approximate surface area is 105 Å². The van der Waals surface area contributed by atoms with E-state index in [-0.39, 0.29) is 5.75 Å². The number of rotatable bonds is 7. The van der Waals surface area contributed by atoms with Crippen LogP contribution in [0, 0.1) is 0 Å². The molecule has 0 bridgehead atoms. The van der Waals surface area contributed by atoms with Crippen LogP contribution in [0.5, 0.6) is 0 Å². The molecular formula is C12H25NO3S. The molecular weight excluding hydrogens is 238 g/mol. The van der Waals surface area contributed by atoms with Crippen LogP contribution in [0.25, 0.3) is 0 Å². The Morgan fingerprint density at radius 2 is 2.18 bits per heavy atom. The predicted molar refractivity (Wildman–Crippen MR) is 70.0 cm³/mol. The molecule has 0 aromatic carbocycles. The number of sulfone groups is 1. The fourth-order valence-electron chi connectivity index (χ4n) is 2.28. The molecule has 0 aromatic rings. The van der Waals surface area contributed by atoms with E-state index in [2.05, 4.69) is 5.32 Å². The Bertz CT molecular complexity index is 297. The maximum absolute atomic E-state index is 11.0. The van der Waals surface area contributed by atoms with Crippen LogP contribution in [0.2, 0.25) is 0 Å². The Hall–Kier alpha value is -0.130. The molecule has 102 valence electrons. The summed E-state index contributed by atoms with van der Waals surface area (Å²) in [5.41, 5.74) is 0. The Kier molecular flexibility index (Phi) is 6.44. The highest BCUT2D eigenvalue weighted by molar-refractivity contribution is 7.90. The monoisotopic (exact) mass is 263 g/mol. The third-order valence-electron chi connectivity index (χ3n) is 3.30. The van der Waals surface area contributed by atoms with E-state index in [1.807, 2.05) is 7.05 Å². The van der Waals surface area contributed by atoms with Gasteiger partial charge in [-0.25, -0.2) is 8.42 Å². The van der Waals surface area contributed by atoms with Gasteiger partial charge in [0.2, 0.25) is 0 Å².